The smallest absolute Gasteiger partial charge is 0.416 e. The third-order valence-electron chi connectivity index (χ3n) is 6.35. The number of aryl methyl sites for hydroxylation is 1. The number of halogens is 4. The lowest BCUT2D eigenvalue weighted by molar-refractivity contribution is -0.138. The minimum Gasteiger partial charge on any atom is -0.480 e. The quantitative estimate of drug-likeness (QED) is 0.499. The zero-order valence-electron chi connectivity index (χ0n) is 20.0. The number of hydrogen-bond acceptors (Lipinski definition) is 5. The van der Waals surface area contributed by atoms with Crippen molar-refractivity contribution in [1.82, 2.24) is 14.5 Å². The molecule has 2 heterocycles. The number of hydrogen-bond donors (Lipinski definition) is 1. The molecule has 3 aromatic rings. The maximum absolute atomic E-state index is 13.9. The van der Waals surface area contributed by atoms with Crippen molar-refractivity contribution in [2.45, 2.75) is 38.8 Å². The van der Waals surface area contributed by atoms with Gasteiger partial charge in [-0.3, -0.25) is 19.0 Å². The molecule has 0 unspecified atom stereocenters. The van der Waals surface area contributed by atoms with Gasteiger partial charge in [0.05, 0.1) is 23.0 Å². The summed E-state index contributed by atoms with van der Waals surface area (Å²) in [4.78, 5) is 43.5. The van der Waals surface area contributed by atoms with Crippen LogP contribution in [0.2, 0.25) is 0 Å². The van der Waals surface area contributed by atoms with E-state index in [9.17, 15) is 31.9 Å². The normalized spacial score (nSPS) is 15.8. The minimum atomic E-state index is -4.73. The molecule has 8 nitrogen and oxygen atoms in total. The Kier molecular flexibility index (Phi) is 6.94. The summed E-state index contributed by atoms with van der Waals surface area (Å²) in [5.74, 6) is -1.61. The number of alkyl halides is 4. The topological polar surface area (TPSA) is 95.7 Å². The zero-order chi connectivity index (χ0) is 27.1. The van der Waals surface area contributed by atoms with E-state index in [2.05, 4.69) is 4.98 Å². The Labute approximate surface area is 208 Å². The fraction of sp³-hybridized carbons (Fsp3) is 0.360. The van der Waals surface area contributed by atoms with Crippen LogP contribution in [0.15, 0.2) is 41.2 Å². The van der Waals surface area contributed by atoms with E-state index in [1.165, 1.54) is 28.9 Å². The molecule has 4 rings (SSSR count). The van der Waals surface area contributed by atoms with E-state index in [4.69, 9.17) is 5.11 Å². The van der Waals surface area contributed by atoms with Crippen molar-refractivity contribution in [2.75, 3.05) is 25.0 Å². The summed E-state index contributed by atoms with van der Waals surface area (Å²) in [6, 6.07) is 8.11. The molecule has 1 fully saturated rings. The van der Waals surface area contributed by atoms with Gasteiger partial charge in [0.2, 0.25) is 0 Å². The fourth-order valence-corrected chi connectivity index (χ4v) is 4.43. The summed E-state index contributed by atoms with van der Waals surface area (Å²) in [5.41, 5.74) is -1.23. The lowest BCUT2D eigenvalue weighted by atomic mass is 10.0. The average molecular weight is 520 g/mol. The highest BCUT2D eigenvalue weighted by atomic mass is 19.4. The summed E-state index contributed by atoms with van der Waals surface area (Å²) < 4.78 is 56.1. The van der Waals surface area contributed by atoms with Gasteiger partial charge in [-0.1, -0.05) is 0 Å². The summed E-state index contributed by atoms with van der Waals surface area (Å²) in [6.07, 6.45) is -5.49. The first-order valence-electron chi connectivity index (χ1n) is 11.4. The van der Waals surface area contributed by atoms with Crippen LogP contribution in [0.3, 0.4) is 0 Å². The van der Waals surface area contributed by atoms with Gasteiger partial charge in [0.1, 0.15) is 18.5 Å². The van der Waals surface area contributed by atoms with E-state index in [1.807, 2.05) is 0 Å². The fourth-order valence-electron chi connectivity index (χ4n) is 4.43. The Morgan fingerprint density at radius 1 is 1.19 bits per heavy atom. The van der Waals surface area contributed by atoms with Crippen LogP contribution in [-0.2, 0) is 24.1 Å². The van der Waals surface area contributed by atoms with Gasteiger partial charge in [0, 0.05) is 31.4 Å². The first-order valence-corrected chi connectivity index (χ1v) is 11.4. The predicted octanol–water partition coefficient (Wildman–Crippen LogP) is 3.63. The summed E-state index contributed by atoms with van der Waals surface area (Å²) in [5, 5.41) is 8.96. The van der Waals surface area contributed by atoms with E-state index < -0.39 is 36.0 Å². The average Bonchev–Trinajstić information content (AvgIpc) is 3.27. The molecule has 0 saturated carbocycles. The number of aliphatic carboxylic acids is 1. The molecule has 1 aromatic heterocycles. The molecule has 196 valence electrons. The van der Waals surface area contributed by atoms with Gasteiger partial charge in [-0.2, -0.15) is 13.2 Å². The van der Waals surface area contributed by atoms with Crippen LogP contribution in [0, 0.1) is 6.92 Å². The molecule has 1 aliphatic heterocycles. The van der Waals surface area contributed by atoms with Gasteiger partial charge in [-0.25, -0.2) is 9.37 Å². The molecule has 1 atom stereocenters. The predicted molar refractivity (Wildman–Crippen MR) is 127 cm³/mol. The first kappa shape index (κ1) is 26.1. The number of carbonyl (C=O) groups excluding carboxylic acids is 1. The Morgan fingerprint density at radius 3 is 2.43 bits per heavy atom. The summed E-state index contributed by atoms with van der Waals surface area (Å²) >= 11 is 0. The SMILES string of the molecule is Cc1nc2cc(C(F)(F)F)c(CN(C)c3ccc(C(=O)N4CC[C@H](F)C4)cc3)cc2c(=O)n1CC(=O)O. The molecule has 0 radical (unpaired) electrons. The molecular formula is C25H24F4N4O4. The number of rotatable bonds is 6. The number of carboxylic acid groups (broad SMARTS) is 1. The van der Waals surface area contributed by atoms with Gasteiger partial charge in [-0.15, -0.1) is 0 Å². The monoisotopic (exact) mass is 520 g/mol. The van der Waals surface area contributed by atoms with Gasteiger partial charge in [-0.05, 0) is 55.3 Å². The second-order valence-electron chi connectivity index (χ2n) is 9.01. The van der Waals surface area contributed by atoms with E-state index in [0.29, 0.717) is 17.8 Å². The van der Waals surface area contributed by atoms with Crippen molar-refractivity contribution >= 4 is 28.5 Å². The summed E-state index contributed by atoms with van der Waals surface area (Å²) in [6.45, 7) is 0.808. The second kappa shape index (κ2) is 9.83. The summed E-state index contributed by atoms with van der Waals surface area (Å²) in [7, 11) is 1.56. The number of aromatic nitrogens is 2. The third kappa shape index (κ3) is 5.42. The molecule has 1 aliphatic rings. The van der Waals surface area contributed by atoms with Crippen LogP contribution in [0.25, 0.3) is 10.9 Å². The van der Waals surface area contributed by atoms with Gasteiger partial charge < -0.3 is 14.9 Å². The van der Waals surface area contributed by atoms with E-state index >= 15 is 0 Å². The molecule has 0 aliphatic carbocycles. The highest BCUT2D eigenvalue weighted by Gasteiger charge is 2.34. The standard InChI is InChI=1S/C25H24F4N4O4/c1-14-30-21-10-20(25(27,28)29)16(9-19(21)24(37)33(14)13-22(34)35)11-31(2)18-5-3-15(4-6-18)23(36)32-8-7-17(26)12-32/h3-6,9-10,17H,7-8,11-13H2,1-2H3,(H,34,35)/t17-/m0/s1. The van der Waals surface area contributed by atoms with E-state index in [0.717, 1.165) is 16.7 Å². The molecule has 1 N–H and O–H groups in total. The Hall–Kier alpha value is -3.96. The van der Waals surface area contributed by atoms with Gasteiger partial charge in [0.15, 0.2) is 0 Å². The molecular weight excluding hydrogens is 496 g/mol. The van der Waals surface area contributed by atoms with Crippen molar-refractivity contribution in [3.63, 3.8) is 0 Å². The maximum atomic E-state index is 13.9. The van der Waals surface area contributed by atoms with Crippen LogP contribution >= 0.6 is 0 Å². The highest BCUT2D eigenvalue weighted by Crippen LogP contribution is 2.35. The number of anilines is 1. The van der Waals surface area contributed by atoms with Gasteiger partial charge in [0.25, 0.3) is 11.5 Å². The lowest BCUT2D eigenvalue weighted by Crippen LogP contribution is -2.29. The number of amides is 1. The first-order chi connectivity index (χ1) is 17.3. The van der Waals surface area contributed by atoms with Crippen LogP contribution in [0.5, 0.6) is 0 Å². The third-order valence-corrected chi connectivity index (χ3v) is 6.35. The number of likely N-dealkylation sites (tertiary alicyclic amines) is 1. The molecule has 1 amide bonds. The molecule has 37 heavy (non-hydrogen) atoms. The minimum absolute atomic E-state index is 0.0107. The van der Waals surface area contributed by atoms with Crippen LogP contribution in [0.4, 0.5) is 23.2 Å². The number of carboxylic acids is 1. The maximum Gasteiger partial charge on any atom is 0.416 e. The molecule has 12 heteroatoms. The molecule has 0 bridgehead atoms. The number of carbonyl (C=O) groups is 2. The lowest BCUT2D eigenvalue weighted by Gasteiger charge is -2.23. The molecule has 1 saturated heterocycles. The Bertz CT molecular complexity index is 1420. The number of fused-ring (bicyclic) bond motifs is 1. The second-order valence-corrected chi connectivity index (χ2v) is 9.01. The largest absolute Gasteiger partial charge is 0.480 e. The van der Waals surface area contributed by atoms with Gasteiger partial charge >= 0.3 is 12.1 Å². The Balaban J connectivity index is 1.66. The van der Waals surface area contributed by atoms with E-state index in [-0.39, 0.29) is 47.7 Å². The van der Waals surface area contributed by atoms with Crippen molar-refractivity contribution in [2.24, 2.45) is 0 Å². The number of nitrogens with zero attached hydrogens (tertiary/aromatic N) is 4. The van der Waals surface area contributed by atoms with Crippen molar-refractivity contribution < 1.29 is 32.3 Å². The van der Waals surface area contributed by atoms with Crippen molar-refractivity contribution in [1.29, 1.82) is 0 Å². The highest BCUT2D eigenvalue weighted by molar-refractivity contribution is 5.94. The van der Waals surface area contributed by atoms with Crippen LogP contribution in [-0.4, -0.2) is 57.7 Å². The zero-order valence-corrected chi connectivity index (χ0v) is 20.0. The number of benzene rings is 2. The van der Waals surface area contributed by atoms with Crippen molar-refractivity contribution in [3.05, 3.63) is 69.3 Å². The van der Waals surface area contributed by atoms with Crippen LogP contribution in [0.1, 0.15) is 33.7 Å². The Morgan fingerprint density at radius 2 is 1.86 bits per heavy atom. The van der Waals surface area contributed by atoms with E-state index in [1.54, 1.807) is 19.2 Å². The molecule has 0 spiro atoms. The van der Waals surface area contributed by atoms with Crippen LogP contribution < -0.4 is 10.5 Å². The molecule has 2 aromatic carbocycles. The van der Waals surface area contributed by atoms with Crippen molar-refractivity contribution in [3.8, 4) is 0 Å².